The Bertz CT molecular complexity index is 1340. The van der Waals surface area contributed by atoms with E-state index in [2.05, 4.69) is 24.0 Å². The van der Waals surface area contributed by atoms with E-state index in [4.69, 9.17) is 9.47 Å². The first-order valence-corrected chi connectivity index (χ1v) is 13.0. The van der Waals surface area contributed by atoms with Gasteiger partial charge in [-0.2, -0.15) is 0 Å². The van der Waals surface area contributed by atoms with Crippen LogP contribution < -0.4 is 9.47 Å². The van der Waals surface area contributed by atoms with E-state index in [0.29, 0.717) is 18.7 Å². The molecule has 2 atom stereocenters. The summed E-state index contributed by atoms with van der Waals surface area (Å²) in [4.78, 5) is 13.6. The normalized spacial score (nSPS) is 12.3. The van der Waals surface area contributed by atoms with E-state index in [-0.39, 0.29) is 36.5 Å². The number of aliphatic hydroxyl groups is 1. The number of methoxy groups -OCH3 is 1. The number of benzene rings is 4. The van der Waals surface area contributed by atoms with Crippen LogP contribution >= 0.6 is 12.4 Å². The van der Waals surface area contributed by atoms with Crippen molar-refractivity contribution in [3.05, 3.63) is 135 Å². The molecule has 0 unspecified atom stereocenters. The summed E-state index contributed by atoms with van der Waals surface area (Å²) in [6, 6.07) is 32.3. The van der Waals surface area contributed by atoms with Crippen LogP contribution in [0.3, 0.4) is 0 Å². The molecule has 0 aromatic heterocycles. The topological polar surface area (TPSA) is 85.1 Å². The SMILES string of the molecule is COc1ccc(C[C@H](C)N(Cc2ccccc2)C[C@@H](O)c2ccc(OCc3ccccc3)c([N+](=O)[O-])c2)cc1.Cl. The zero-order chi connectivity index (χ0) is 27.6. The van der Waals surface area contributed by atoms with Gasteiger partial charge in [-0.3, -0.25) is 15.0 Å². The van der Waals surface area contributed by atoms with Crippen molar-refractivity contribution >= 4 is 18.1 Å². The van der Waals surface area contributed by atoms with Crippen molar-refractivity contribution in [2.45, 2.75) is 38.6 Å². The maximum absolute atomic E-state index is 11.9. The second-order valence-corrected chi connectivity index (χ2v) is 9.59. The van der Waals surface area contributed by atoms with Crippen molar-refractivity contribution in [1.82, 2.24) is 4.90 Å². The molecule has 210 valence electrons. The average Bonchev–Trinajstić information content (AvgIpc) is 2.97. The van der Waals surface area contributed by atoms with Gasteiger partial charge in [-0.1, -0.05) is 78.9 Å². The highest BCUT2D eigenvalue weighted by atomic mass is 35.5. The molecule has 0 spiro atoms. The molecule has 4 aromatic rings. The van der Waals surface area contributed by atoms with Gasteiger partial charge < -0.3 is 14.6 Å². The summed E-state index contributed by atoms with van der Waals surface area (Å²) in [5.74, 6) is 0.981. The van der Waals surface area contributed by atoms with Gasteiger partial charge in [0.15, 0.2) is 5.75 Å². The quantitative estimate of drug-likeness (QED) is 0.143. The molecule has 0 aliphatic heterocycles. The second kappa shape index (κ2) is 15.0. The Morgan fingerprint density at radius 1 is 0.875 bits per heavy atom. The van der Waals surface area contributed by atoms with Crippen LogP contribution in [0.4, 0.5) is 5.69 Å². The fourth-order valence-corrected chi connectivity index (χ4v) is 4.52. The minimum Gasteiger partial charge on any atom is -0.497 e. The lowest BCUT2D eigenvalue weighted by atomic mass is 10.0. The molecule has 4 rings (SSSR count). The number of halogens is 1. The standard InChI is InChI=1S/C32H34N2O5.ClH/c1-24(19-25-13-16-29(38-2)17-14-25)33(21-26-9-5-3-6-10-26)22-31(35)28-15-18-32(30(20-28)34(36)37)39-23-27-11-7-4-8-12-27;/h3-18,20,24,31,35H,19,21-23H2,1-2H3;1H/t24-,31+;/m0./s1. The van der Waals surface area contributed by atoms with Gasteiger partial charge in [-0.15, -0.1) is 12.4 Å². The number of nitro groups is 1. The lowest BCUT2D eigenvalue weighted by molar-refractivity contribution is -0.386. The van der Waals surface area contributed by atoms with E-state index in [1.165, 1.54) is 6.07 Å². The van der Waals surface area contributed by atoms with E-state index >= 15 is 0 Å². The van der Waals surface area contributed by atoms with Gasteiger partial charge in [0.1, 0.15) is 12.4 Å². The molecule has 0 fully saturated rings. The first-order chi connectivity index (χ1) is 18.9. The number of hydrogen-bond donors (Lipinski definition) is 1. The molecule has 0 aliphatic rings. The van der Waals surface area contributed by atoms with Gasteiger partial charge in [-0.05, 0) is 53.8 Å². The maximum atomic E-state index is 11.9. The summed E-state index contributed by atoms with van der Waals surface area (Å²) in [5.41, 5.74) is 3.51. The highest BCUT2D eigenvalue weighted by Crippen LogP contribution is 2.32. The van der Waals surface area contributed by atoms with Crippen molar-refractivity contribution in [2.75, 3.05) is 13.7 Å². The van der Waals surface area contributed by atoms with Crippen LogP contribution in [0.15, 0.2) is 103 Å². The summed E-state index contributed by atoms with van der Waals surface area (Å²) in [5, 5.41) is 23.1. The van der Waals surface area contributed by atoms with Gasteiger partial charge >= 0.3 is 5.69 Å². The van der Waals surface area contributed by atoms with E-state index in [0.717, 1.165) is 28.9 Å². The van der Waals surface area contributed by atoms with Crippen molar-refractivity contribution in [3.63, 3.8) is 0 Å². The third-order valence-corrected chi connectivity index (χ3v) is 6.75. The maximum Gasteiger partial charge on any atom is 0.311 e. The van der Waals surface area contributed by atoms with Crippen molar-refractivity contribution in [1.29, 1.82) is 0 Å². The third kappa shape index (κ3) is 8.55. The lowest BCUT2D eigenvalue weighted by Gasteiger charge is -2.31. The third-order valence-electron chi connectivity index (χ3n) is 6.75. The molecule has 0 amide bonds. The molecular weight excluding hydrogens is 528 g/mol. The highest BCUT2D eigenvalue weighted by Gasteiger charge is 2.23. The minimum atomic E-state index is -0.922. The minimum absolute atomic E-state index is 0. The second-order valence-electron chi connectivity index (χ2n) is 9.59. The summed E-state index contributed by atoms with van der Waals surface area (Å²) < 4.78 is 11.0. The predicted molar refractivity (Wildman–Crippen MR) is 159 cm³/mol. The Morgan fingerprint density at radius 2 is 1.50 bits per heavy atom. The fourth-order valence-electron chi connectivity index (χ4n) is 4.52. The summed E-state index contributed by atoms with van der Waals surface area (Å²) >= 11 is 0. The molecule has 0 radical (unpaired) electrons. The zero-order valence-electron chi connectivity index (χ0n) is 22.7. The van der Waals surface area contributed by atoms with Gasteiger partial charge in [0.05, 0.1) is 18.1 Å². The van der Waals surface area contributed by atoms with E-state index < -0.39 is 11.0 Å². The number of aliphatic hydroxyl groups excluding tert-OH is 1. The molecule has 0 saturated carbocycles. The van der Waals surface area contributed by atoms with Crippen LogP contribution in [0.1, 0.15) is 35.3 Å². The summed E-state index contributed by atoms with van der Waals surface area (Å²) in [6.45, 7) is 3.29. The molecule has 40 heavy (non-hydrogen) atoms. The van der Waals surface area contributed by atoms with Gasteiger partial charge in [0, 0.05) is 25.2 Å². The number of nitro benzene ring substituents is 1. The average molecular weight is 563 g/mol. The first-order valence-electron chi connectivity index (χ1n) is 13.0. The monoisotopic (exact) mass is 562 g/mol. The highest BCUT2D eigenvalue weighted by molar-refractivity contribution is 5.85. The number of hydrogen-bond acceptors (Lipinski definition) is 6. The van der Waals surface area contributed by atoms with E-state index in [9.17, 15) is 15.2 Å². The lowest BCUT2D eigenvalue weighted by Crippen LogP contribution is -2.37. The first kappa shape index (κ1) is 30.6. The molecule has 0 saturated heterocycles. The Balaban J connectivity index is 0.00000441. The largest absolute Gasteiger partial charge is 0.497 e. The fraction of sp³-hybridized carbons (Fsp3) is 0.250. The van der Waals surface area contributed by atoms with Gasteiger partial charge in [0.2, 0.25) is 0 Å². The molecular formula is C32H35ClN2O5. The summed E-state index contributed by atoms with van der Waals surface area (Å²) in [6.07, 6.45) is -0.149. The van der Waals surface area contributed by atoms with Crippen molar-refractivity contribution < 1.29 is 19.5 Å². The van der Waals surface area contributed by atoms with Crippen LogP contribution in [0, 0.1) is 10.1 Å². The van der Waals surface area contributed by atoms with Crippen molar-refractivity contribution in [2.24, 2.45) is 0 Å². The Labute approximate surface area is 241 Å². The molecule has 1 N–H and O–H groups in total. The van der Waals surface area contributed by atoms with Crippen LogP contribution in [-0.4, -0.2) is 34.6 Å². The Morgan fingerprint density at radius 3 is 2.10 bits per heavy atom. The number of rotatable bonds is 13. The molecule has 0 bridgehead atoms. The smallest absolute Gasteiger partial charge is 0.311 e. The summed E-state index contributed by atoms with van der Waals surface area (Å²) in [7, 11) is 1.65. The molecule has 0 heterocycles. The van der Waals surface area contributed by atoms with Crippen LogP contribution in [0.2, 0.25) is 0 Å². The van der Waals surface area contributed by atoms with Gasteiger partial charge in [-0.25, -0.2) is 0 Å². The predicted octanol–water partition coefficient (Wildman–Crippen LogP) is 6.77. The van der Waals surface area contributed by atoms with Crippen LogP contribution in [0.5, 0.6) is 11.5 Å². The molecule has 7 nitrogen and oxygen atoms in total. The Kier molecular flexibility index (Phi) is 11.5. The van der Waals surface area contributed by atoms with Crippen molar-refractivity contribution in [3.8, 4) is 11.5 Å². The van der Waals surface area contributed by atoms with E-state index in [1.807, 2.05) is 72.8 Å². The Hall–Kier alpha value is -3.91. The molecule has 8 heteroatoms. The molecule has 4 aromatic carbocycles. The van der Waals surface area contributed by atoms with E-state index in [1.54, 1.807) is 19.2 Å². The van der Waals surface area contributed by atoms with Crippen LogP contribution in [0.25, 0.3) is 0 Å². The zero-order valence-corrected chi connectivity index (χ0v) is 23.5. The number of ether oxygens (including phenoxy) is 2. The molecule has 0 aliphatic carbocycles. The van der Waals surface area contributed by atoms with Crippen LogP contribution in [-0.2, 0) is 19.6 Å². The van der Waals surface area contributed by atoms with Gasteiger partial charge in [0.25, 0.3) is 0 Å². The number of nitrogens with zero attached hydrogens (tertiary/aromatic N) is 2.